The number of aliphatic hydroxyl groups excluding tert-OH is 1. The standard InChI is InChI=1S/C8H16O/c1-8(2,3)6-4-5-7-9/h4,6,9H,5,7H2,1-3H3/b6-4-. The fourth-order valence-electron chi connectivity index (χ4n) is 0.511. The minimum absolute atomic E-state index is 0.257. The van der Waals surface area contributed by atoms with Crippen molar-refractivity contribution in [1.29, 1.82) is 0 Å². The van der Waals surface area contributed by atoms with Crippen LogP contribution in [0, 0.1) is 5.41 Å². The van der Waals surface area contributed by atoms with Crippen molar-refractivity contribution in [2.45, 2.75) is 27.2 Å². The zero-order valence-corrected chi connectivity index (χ0v) is 6.52. The van der Waals surface area contributed by atoms with E-state index in [2.05, 4.69) is 26.8 Å². The molecular formula is C8H16O. The van der Waals surface area contributed by atoms with E-state index in [4.69, 9.17) is 5.11 Å². The Balaban J connectivity index is 3.45. The van der Waals surface area contributed by atoms with Crippen molar-refractivity contribution in [3.63, 3.8) is 0 Å². The second-order valence-electron chi connectivity index (χ2n) is 3.28. The van der Waals surface area contributed by atoms with Gasteiger partial charge < -0.3 is 5.11 Å². The van der Waals surface area contributed by atoms with E-state index in [1.807, 2.05) is 6.08 Å². The van der Waals surface area contributed by atoms with Gasteiger partial charge in [0.1, 0.15) is 0 Å². The van der Waals surface area contributed by atoms with Crippen LogP contribution in [0.3, 0.4) is 0 Å². The van der Waals surface area contributed by atoms with E-state index in [1.54, 1.807) is 0 Å². The zero-order chi connectivity index (χ0) is 7.33. The molecule has 9 heavy (non-hydrogen) atoms. The fourth-order valence-corrected chi connectivity index (χ4v) is 0.511. The molecule has 0 unspecified atom stereocenters. The number of aliphatic hydroxyl groups is 1. The zero-order valence-electron chi connectivity index (χ0n) is 6.52. The van der Waals surface area contributed by atoms with E-state index in [-0.39, 0.29) is 12.0 Å². The van der Waals surface area contributed by atoms with Gasteiger partial charge in [-0.2, -0.15) is 0 Å². The largest absolute Gasteiger partial charge is 0.396 e. The van der Waals surface area contributed by atoms with Crippen LogP contribution in [-0.4, -0.2) is 11.7 Å². The lowest BCUT2D eigenvalue weighted by Gasteiger charge is -2.10. The first-order valence-corrected chi connectivity index (χ1v) is 3.35. The van der Waals surface area contributed by atoms with Crippen LogP contribution in [0.25, 0.3) is 0 Å². The maximum Gasteiger partial charge on any atom is 0.0465 e. The molecule has 0 saturated carbocycles. The highest BCUT2D eigenvalue weighted by Crippen LogP contribution is 2.14. The van der Waals surface area contributed by atoms with Gasteiger partial charge in [0.25, 0.3) is 0 Å². The molecule has 0 aliphatic carbocycles. The third kappa shape index (κ3) is 7.70. The van der Waals surface area contributed by atoms with E-state index in [1.165, 1.54) is 0 Å². The van der Waals surface area contributed by atoms with Crippen molar-refractivity contribution >= 4 is 0 Å². The lowest BCUT2D eigenvalue weighted by Crippen LogP contribution is -1.98. The van der Waals surface area contributed by atoms with Crippen LogP contribution >= 0.6 is 0 Å². The normalized spacial score (nSPS) is 12.9. The summed E-state index contributed by atoms with van der Waals surface area (Å²) in [6.07, 6.45) is 4.90. The van der Waals surface area contributed by atoms with E-state index in [9.17, 15) is 0 Å². The van der Waals surface area contributed by atoms with Gasteiger partial charge in [0.2, 0.25) is 0 Å². The molecule has 0 fully saturated rings. The molecule has 0 bridgehead atoms. The SMILES string of the molecule is CC(C)(C)/C=C\CCO. The molecule has 0 radical (unpaired) electrons. The van der Waals surface area contributed by atoms with Crippen LogP contribution in [-0.2, 0) is 0 Å². The van der Waals surface area contributed by atoms with Crippen molar-refractivity contribution in [2.24, 2.45) is 5.41 Å². The van der Waals surface area contributed by atoms with Crippen LogP contribution in [0.2, 0.25) is 0 Å². The first-order chi connectivity index (χ1) is 4.06. The first-order valence-electron chi connectivity index (χ1n) is 3.35. The molecular weight excluding hydrogens is 112 g/mol. The van der Waals surface area contributed by atoms with Gasteiger partial charge in [-0.1, -0.05) is 32.9 Å². The molecule has 0 aliphatic heterocycles. The summed E-state index contributed by atoms with van der Waals surface area (Å²) in [5.41, 5.74) is 0.259. The second-order valence-corrected chi connectivity index (χ2v) is 3.28. The number of hydrogen-bond acceptors (Lipinski definition) is 1. The molecule has 0 aromatic carbocycles. The molecule has 0 saturated heterocycles. The number of allylic oxidation sites excluding steroid dienone is 1. The van der Waals surface area contributed by atoms with E-state index in [0.717, 1.165) is 6.42 Å². The minimum Gasteiger partial charge on any atom is -0.396 e. The molecule has 0 heterocycles. The Kier molecular flexibility index (Phi) is 3.55. The topological polar surface area (TPSA) is 20.2 Å². The predicted molar refractivity (Wildman–Crippen MR) is 40.3 cm³/mol. The van der Waals surface area contributed by atoms with Crippen LogP contribution in [0.1, 0.15) is 27.2 Å². The molecule has 0 amide bonds. The van der Waals surface area contributed by atoms with Gasteiger partial charge in [0.05, 0.1) is 0 Å². The van der Waals surface area contributed by atoms with Crippen molar-refractivity contribution < 1.29 is 5.11 Å². The molecule has 0 spiro atoms. The molecule has 0 atom stereocenters. The van der Waals surface area contributed by atoms with Gasteiger partial charge >= 0.3 is 0 Å². The lowest BCUT2D eigenvalue weighted by atomic mass is 9.96. The van der Waals surface area contributed by atoms with Gasteiger partial charge in [0, 0.05) is 6.61 Å². The van der Waals surface area contributed by atoms with Crippen LogP contribution in [0.15, 0.2) is 12.2 Å². The summed E-state index contributed by atoms with van der Waals surface area (Å²) in [5, 5.41) is 8.41. The Morgan fingerprint density at radius 3 is 2.22 bits per heavy atom. The van der Waals surface area contributed by atoms with Gasteiger partial charge in [-0.25, -0.2) is 0 Å². The maximum atomic E-state index is 8.41. The van der Waals surface area contributed by atoms with Crippen LogP contribution in [0.4, 0.5) is 0 Å². The van der Waals surface area contributed by atoms with Gasteiger partial charge in [-0.3, -0.25) is 0 Å². The molecule has 1 heteroatoms. The van der Waals surface area contributed by atoms with Crippen molar-refractivity contribution in [2.75, 3.05) is 6.61 Å². The summed E-state index contributed by atoms with van der Waals surface area (Å²) < 4.78 is 0. The molecule has 54 valence electrons. The fraction of sp³-hybridized carbons (Fsp3) is 0.750. The first kappa shape index (κ1) is 8.70. The third-order valence-corrected chi connectivity index (χ3v) is 0.914. The Morgan fingerprint density at radius 1 is 1.33 bits per heavy atom. The summed E-state index contributed by atoms with van der Waals surface area (Å²) in [6.45, 7) is 6.68. The van der Waals surface area contributed by atoms with E-state index < -0.39 is 0 Å². The highest BCUT2D eigenvalue weighted by molar-refractivity contribution is 4.91. The van der Waals surface area contributed by atoms with Gasteiger partial charge in [-0.05, 0) is 11.8 Å². The number of hydrogen-bond donors (Lipinski definition) is 1. The molecule has 0 aromatic heterocycles. The Labute approximate surface area is 57.4 Å². The average Bonchev–Trinajstić information content (AvgIpc) is 1.63. The Morgan fingerprint density at radius 2 is 1.89 bits per heavy atom. The van der Waals surface area contributed by atoms with Crippen molar-refractivity contribution in [1.82, 2.24) is 0 Å². The smallest absolute Gasteiger partial charge is 0.0465 e. The third-order valence-electron chi connectivity index (χ3n) is 0.914. The molecule has 1 nitrogen and oxygen atoms in total. The summed E-state index contributed by atoms with van der Waals surface area (Å²) in [5.74, 6) is 0. The van der Waals surface area contributed by atoms with Gasteiger partial charge in [-0.15, -0.1) is 0 Å². The monoisotopic (exact) mass is 128 g/mol. The predicted octanol–water partition coefficient (Wildman–Crippen LogP) is 1.97. The molecule has 0 aromatic rings. The Hall–Kier alpha value is -0.300. The summed E-state index contributed by atoms with van der Waals surface area (Å²) in [7, 11) is 0. The molecule has 1 N–H and O–H groups in total. The molecule has 0 rings (SSSR count). The Bertz CT molecular complexity index is 87.2. The van der Waals surface area contributed by atoms with Crippen molar-refractivity contribution in [3.8, 4) is 0 Å². The quantitative estimate of drug-likeness (QED) is 0.564. The average molecular weight is 128 g/mol. The van der Waals surface area contributed by atoms with Gasteiger partial charge in [0.15, 0.2) is 0 Å². The highest BCUT2D eigenvalue weighted by atomic mass is 16.2. The minimum atomic E-state index is 0.257. The number of rotatable bonds is 2. The highest BCUT2D eigenvalue weighted by Gasteiger charge is 2.01. The van der Waals surface area contributed by atoms with E-state index >= 15 is 0 Å². The van der Waals surface area contributed by atoms with Crippen LogP contribution in [0.5, 0.6) is 0 Å². The second kappa shape index (κ2) is 3.67. The molecule has 0 aliphatic rings. The van der Waals surface area contributed by atoms with Crippen molar-refractivity contribution in [3.05, 3.63) is 12.2 Å². The maximum absolute atomic E-state index is 8.41. The lowest BCUT2D eigenvalue weighted by molar-refractivity contribution is 0.302. The summed E-state index contributed by atoms with van der Waals surface area (Å²) in [4.78, 5) is 0. The summed E-state index contributed by atoms with van der Waals surface area (Å²) in [6, 6.07) is 0. The van der Waals surface area contributed by atoms with Crippen LogP contribution < -0.4 is 0 Å². The van der Waals surface area contributed by atoms with E-state index in [0.29, 0.717) is 0 Å². The summed E-state index contributed by atoms with van der Waals surface area (Å²) >= 11 is 0.